The lowest BCUT2D eigenvalue weighted by Crippen LogP contribution is -2.31. The first-order valence-electron chi connectivity index (χ1n) is 7.70. The van der Waals surface area contributed by atoms with Crippen LogP contribution in [0.15, 0.2) is 53.4 Å². The predicted octanol–water partition coefficient (Wildman–Crippen LogP) is 3.40. The Morgan fingerprint density at radius 1 is 1.15 bits per heavy atom. The van der Waals surface area contributed by atoms with Crippen molar-refractivity contribution in [2.24, 2.45) is 0 Å². The summed E-state index contributed by atoms with van der Waals surface area (Å²) in [7, 11) is -1.17. The molecule has 9 heteroatoms. The molecule has 1 unspecified atom stereocenters. The van der Waals surface area contributed by atoms with Gasteiger partial charge in [0.25, 0.3) is 10.0 Å². The zero-order valence-electron chi connectivity index (χ0n) is 14.6. The summed E-state index contributed by atoms with van der Waals surface area (Å²) in [5.74, 6) is 0. The molecule has 0 saturated heterocycles. The number of rotatable bonds is 6. The highest BCUT2D eigenvalue weighted by Crippen LogP contribution is 2.22. The molecule has 2 amide bonds. The van der Waals surface area contributed by atoms with Gasteiger partial charge in [-0.05, 0) is 42.8 Å². The van der Waals surface area contributed by atoms with E-state index in [-0.39, 0.29) is 10.9 Å². The third-order valence-corrected chi connectivity index (χ3v) is 5.76. The maximum absolute atomic E-state index is 12.1. The summed E-state index contributed by atoms with van der Waals surface area (Å²) in [6, 6.07) is 12.3. The van der Waals surface area contributed by atoms with Crippen molar-refractivity contribution in [1.29, 1.82) is 0 Å². The number of nitrogens with one attached hydrogen (secondary N) is 2. The van der Waals surface area contributed by atoms with Gasteiger partial charge in [0, 0.05) is 17.8 Å². The van der Waals surface area contributed by atoms with Crippen LogP contribution in [0.1, 0.15) is 18.5 Å². The van der Waals surface area contributed by atoms with E-state index in [0.717, 1.165) is 10.0 Å². The van der Waals surface area contributed by atoms with Crippen LogP contribution >= 0.6 is 11.6 Å². The Bertz CT molecular complexity index is 872. The lowest BCUT2D eigenvalue weighted by atomic mass is 10.1. The summed E-state index contributed by atoms with van der Waals surface area (Å²) in [6.07, 6.45) is 0. The van der Waals surface area contributed by atoms with Crippen LogP contribution in [0.4, 0.5) is 10.5 Å². The number of urea groups is 1. The number of anilines is 1. The maximum Gasteiger partial charge on any atom is 0.319 e. The van der Waals surface area contributed by atoms with Gasteiger partial charge in [0.05, 0.1) is 18.0 Å². The van der Waals surface area contributed by atoms with Gasteiger partial charge in [-0.15, -0.1) is 0 Å². The van der Waals surface area contributed by atoms with Crippen molar-refractivity contribution in [2.75, 3.05) is 19.5 Å². The van der Waals surface area contributed by atoms with E-state index in [4.69, 9.17) is 16.4 Å². The van der Waals surface area contributed by atoms with Crippen molar-refractivity contribution in [1.82, 2.24) is 9.79 Å². The standard InChI is InChI=1S/C17H20ClN3O4S/c1-12(15-6-4-5-7-16(15)18)19-17(22)20-13-8-10-14(11-9-13)26(23,24)21(2)25-3/h4-12H,1-3H3,(H2,19,20,22). The van der Waals surface area contributed by atoms with Crippen molar-refractivity contribution in [2.45, 2.75) is 17.9 Å². The average Bonchev–Trinajstić information content (AvgIpc) is 2.61. The van der Waals surface area contributed by atoms with E-state index in [9.17, 15) is 13.2 Å². The molecule has 0 fully saturated rings. The first-order chi connectivity index (χ1) is 12.3. The van der Waals surface area contributed by atoms with Crippen LogP contribution in [-0.4, -0.2) is 33.1 Å². The molecule has 7 nitrogen and oxygen atoms in total. The van der Waals surface area contributed by atoms with Gasteiger partial charge in [0.2, 0.25) is 0 Å². The van der Waals surface area contributed by atoms with Gasteiger partial charge in [-0.2, -0.15) is 0 Å². The van der Waals surface area contributed by atoms with Crippen molar-refractivity contribution >= 4 is 33.3 Å². The second-order valence-electron chi connectivity index (χ2n) is 5.46. The summed E-state index contributed by atoms with van der Waals surface area (Å²) in [4.78, 5) is 16.9. The smallest absolute Gasteiger partial charge is 0.319 e. The van der Waals surface area contributed by atoms with Gasteiger partial charge < -0.3 is 10.6 Å². The summed E-state index contributed by atoms with van der Waals surface area (Å²) in [5, 5.41) is 5.99. The molecule has 2 aromatic rings. The minimum atomic E-state index is -3.73. The highest BCUT2D eigenvalue weighted by molar-refractivity contribution is 7.89. The second-order valence-corrected chi connectivity index (χ2v) is 7.81. The number of benzene rings is 2. The minimum Gasteiger partial charge on any atom is -0.331 e. The number of amides is 2. The van der Waals surface area contributed by atoms with Crippen molar-refractivity contribution in [3.63, 3.8) is 0 Å². The van der Waals surface area contributed by atoms with Gasteiger partial charge in [-0.25, -0.2) is 13.2 Å². The Labute approximate surface area is 157 Å². The lowest BCUT2D eigenvalue weighted by Gasteiger charge is -2.17. The highest BCUT2D eigenvalue weighted by Gasteiger charge is 2.20. The van der Waals surface area contributed by atoms with Crippen LogP contribution < -0.4 is 10.6 Å². The minimum absolute atomic E-state index is 0.0530. The molecule has 2 rings (SSSR count). The van der Waals surface area contributed by atoms with Crippen molar-refractivity contribution in [3.8, 4) is 0 Å². The fraction of sp³-hybridized carbons (Fsp3) is 0.235. The Kier molecular flexibility index (Phi) is 6.60. The third-order valence-electron chi connectivity index (χ3n) is 3.72. The molecular weight excluding hydrogens is 378 g/mol. The topological polar surface area (TPSA) is 87.7 Å². The fourth-order valence-electron chi connectivity index (χ4n) is 2.22. The fourth-order valence-corrected chi connectivity index (χ4v) is 3.50. The first kappa shape index (κ1) is 20.2. The average molecular weight is 398 g/mol. The van der Waals surface area contributed by atoms with Crippen molar-refractivity contribution in [3.05, 3.63) is 59.1 Å². The van der Waals surface area contributed by atoms with E-state index in [1.165, 1.54) is 38.4 Å². The highest BCUT2D eigenvalue weighted by atomic mass is 35.5. The molecule has 0 heterocycles. The second kappa shape index (κ2) is 8.50. The number of hydroxylamine groups is 1. The summed E-state index contributed by atoms with van der Waals surface area (Å²) in [6.45, 7) is 1.82. The van der Waals surface area contributed by atoms with E-state index in [1.54, 1.807) is 6.07 Å². The number of nitrogens with zero attached hydrogens (tertiary/aromatic N) is 1. The number of hydrogen-bond donors (Lipinski definition) is 2. The van der Waals surface area contributed by atoms with Crippen molar-refractivity contribution < 1.29 is 18.0 Å². The molecule has 0 radical (unpaired) electrons. The normalized spacial score (nSPS) is 12.7. The Morgan fingerprint density at radius 2 is 1.77 bits per heavy atom. The van der Waals surface area contributed by atoms with Gasteiger partial charge in [0.15, 0.2) is 0 Å². The molecule has 0 bridgehead atoms. The number of sulfonamides is 1. The van der Waals surface area contributed by atoms with Crippen LogP contribution in [0.25, 0.3) is 0 Å². The van der Waals surface area contributed by atoms with Crippen LogP contribution in [0.3, 0.4) is 0 Å². The van der Waals surface area contributed by atoms with Crippen LogP contribution in [0, 0.1) is 0 Å². The zero-order chi connectivity index (χ0) is 19.3. The molecular formula is C17H20ClN3O4S. The number of hydrogen-bond acceptors (Lipinski definition) is 4. The van der Waals surface area contributed by atoms with E-state index in [2.05, 4.69) is 10.6 Å². The quantitative estimate of drug-likeness (QED) is 0.731. The molecule has 0 spiro atoms. The van der Waals surface area contributed by atoms with E-state index >= 15 is 0 Å². The first-order valence-corrected chi connectivity index (χ1v) is 9.52. The molecule has 0 aliphatic rings. The van der Waals surface area contributed by atoms with Gasteiger partial charge in [0.1, 0.15) is 0 Å². The molecule has 2 aromatic carbocycles. The van der Waals surface area contributed by atoms with Gasteiger partial charge in [-0.1, -0.05) is 34.3 Å². The molecule has 0 aliphatic heterocycles. The monoisotopic (exact) mass is 397 g/mol. The van der Waals surface area contributed by atoms with Gasteiger partial charge >= 0.3 is 6.03 Å². The van der Waals surface area contributed by atoms with E-state index < -0.39 is 16.1 Å². The summed E-state index contributed by atoms with van der Waals surface area (Å²) >= 11 is 6.12. The number of carbonyl (C=O) groups excluding carboxylic acids is 1. The predicted molar refractivity (Wildman–Crippen MR) is 100 cm³/mol. The molecule has 0 aromatic heterocycles. The third kappa shape index (κ3) is 4.73. The van der Waals surface area contributed by atoms with Gasteiger partial charge in [-0.3, -0.25) is 4.84 Å². The summed E-state index contributed by atoms with van der Waals surface area (Å²) in [5.41, 5.74) is 1.25. The molecule has 0 aliphatic carbocycles. The van der Waals surface area contributed by atoms with Crippen LogP contribution in [0.2, 0.25) is 5.02 Å². The molecule has 140 valence electrons. The number of carbonyl (C=O) groups is 1. The molecule has 0 saturated carbocycles. The zero-order valence-corrected chi connectivity index (χ0v) is 16.1. The molecule has 2 N–H and O–H groups in total. The Hall–Kier alpha value is -2.13. The molecule has 26 heavy (non-hydrogen) atoms. The van der Waals surface area contributed by atoms with E-state index in [1.807, 2.05) is 25.1 Å². The van der Waals surface area contributed by atoms with Crippen LogP contribution in [-0.2, 0) is 14.9 Å². The van der Waals surface area contributed by atoms with Crippen LogP contribution in [0.5, 0.6) is 0 Å². The Balaban J connectivity index is 2.03. The Morgan fingerprint density at radius 3 is 2.35 bits per heavy atom. The lowest BCUT2D eigenvalue weighted by molar-refractivity contribution is -0.0258. The maximum atomic E-state index is 12.1. The molecule has 1 atom stereocenters. The number of halogens is 1. The van der Waals surface area contributed by atoms with E-state index in [0.29, 0.717) is 10.7 Å². The largest absolute Gasteiger partial charge is 0.331 e. The summed E-state index contributed by atoms with van der Waals surface area (Å²) < 4.78 is 25.0. The SMILES string of the molecule is CON(C)S(=O)(=O)c1ccc(NC(=O)NC(C)c2ccccc2Cl)cc1.